The predicted octanol–water partition coefficient (Wildman–Crippen LogP) is 1.26. The molecule has 4 nitrogen and oxygen atoms in total. The second-order valence-corrected chi connectivity index (χ2v) is 2.98. The lowest BCUT2D eigenvalue weighted by Gasteiger charge is -2.10. The van der Waals surface area contributed by atoms with E-state index in [2.05, 4.69) is 0 Å². The van der Waals surface area contributed by atoms with Gasteiger partial charge in [-0.1, -0.05) is 12.2 Å². The molecule has 15 heavy (non-hydrogen) atoms. The van der Waals surface area contributed by atoms with Gasteiger partial charge in [-0.05, 0) is 17.7 Å². The van der Waals surface area contributed by atoms with Gasteiger partial charge in [-0.15, -0.1) is 0 Å². The number of nitrogen functional groups attached to an aromatic ring is 1. The molecule has 0 unspecified atom stereocenters. The van der Waals surface area contributed by atoms with Gasteiger partial charge >= 0.3 is 0 Å². The van der Waals surface area contributed by atoms with Crippen LogP contribution in [0.3, 0.4) is 0 Å². The van der Waals surface area contributed by atoms with E-state index in [-0.39, 0.29) is 0 Å². The fourth-order valence-corrected chi connectivity index (χ4v) is 1.26. The molecule has 1 aromatic rings. The largest absolute Gasteiger partial charge is 0.494 e. The van der Waals surface area contributed by atoms with Crippen LogP contribution in [0, 0.1) is 0 Å². The second kappa shape index (κ2) is 5.26. The Bertz CT molecular complexity index is 337. The van der Waals surface area contributed by atoms with E-state index in [4.69, 9.17) is 20.9 Å². The Morgan fingerprint density at radius 3 is 2.13 bits per heavy atom. The second-order valence-electron chi connectivity index (χ2n) is 2.98. The minimum atomic E-state index is 0.495. The zero-order valence-electron chi connectivity index (χ0n) is 8.99. The number of ether oxygens (including phenoxy) is 2. The maximum atomic E-state index is 5.80. The fourth-order valence-electron chi connectivity index (χ4n) is 1.26. The number of hydrogen-bond acceptors (Lipinski definition) is 4. The minimum absolute atomic E-state index is 0.495. The van der Waals surface area contributed by atoms with Gasteiger partial charge in [0.25, 0.3) is 0 Å². The smallest absolute Gasteiger partial charge is 0.146 e. The van der Waals surface area contributed by atoms with Crippen LogP contribution in [-0.4, -0.2) is 20.8 Å². The van der Waals surface area contributed by atoms with E-state index in [0.717, 1.165) is 5.56 Å². The molecule has 82 valence electrons. The molecule has 0 radical (unpaired) electrons. The molecule has 0 spiro atoms. The summed E-state index contributed by atoms with van der Waals surface area (Å²) in [4.78, 5) is 0. The van der Waals surface area contributed by atoms with Crippen molar-refractivity contribution in [2.24, 2.45) is 5.73 Å². The summed E-state index contributed by atoms with van der Waals surface area (Å²) in [5, 5.41) is 0. The summed E-state index contributed by atoms with van der Waals surface area (Å²) in [5.74, 6) is 1.21. The molecule has 0 aliphatic heterocycles. The van der Waals surface area contributed by atoms with Crippen molar-refractivity contribution < 1.29 is 9.47 Å². The lowest BCUT2D eigenvalue weighted by Crippen LogP contribution is -1.97. The highest BCUT2D eigenvalue weighted by Gasteiger charge is 2.07. The van der Waals surface area contributed by atoms with Crippen molar-refractivity contribution in [1.82, 2.24) is 0 Å². The molecule has 4 heteroatoms. The van der Waals surface area contributed by atoms with E-state index in [9.17, 15) is 0 Å². The summed E-state index contributed by atoms with van der Waals surface area (Å²) in [6.45, 7) is 0.495. The Labute approximate surface area is 89.5 Å². The van der Waals surface area contributed by atoms with Crippen LogP contribution in [0.25, 0.3) is 6.08 Å². The van der Waals surface area contributed by atoms with E-state index in [1.807, 2.05) is 24.3 Å². The summed E-state index contributed by atoms with van der Waals surface area (Å²) in [5.41, 5.74) is 12.6. The predicted molar refractivity (Wildman–Crippen MR) is 62.0 cm³/mol. The van der Waals surface area contributed by atoms with Crippen molar-refractivity contribution >= 4 is 11.8 Å². The summed E-state index contributed by atoms with van der Waals surface area (Å²) in [6, 6.07) is 3.67. The molecule has 1 aromatic carbocycles. The van der Waals surface area contributed by atoms with E-state index in [1.165, 1.54) is 0 Å². The molecule has 0 amide bonds. The number of hydrogen-bond donors (Lipinski definition) is 2. The lowest BCUT2D eigenvalue weighted by atomic mass is 10.1. The van der Waals surface area contributed by atoms with Crippen LogP contribution in [0.15, 0.2) is 18.2 Å². The van der Waals surface area contributed by atoms with Crippen molar-refractivity contribution in [3.8, 4) is 11.5 Å². The topological polar surface area (TPSA) is 70.5 Å². The Hall–Kier alpha value is -1.68. The SMILES string of the molecule is COc1cc(/C=C/CN)cc(OC)c1N. The van der Waals surface area contributed by atoms with Crippen LogP contribution in [0.5, 0.6) is 11.5 Å². The quantitative estimate of drug-likeness (QED) is 0.731. The van der Waals surface area contributed by atoms with Crippen LogP contribution in [0.4, 0.5) is 5.69 Å². The van der Waals surface area contributed by atoms with Crippen molar-refractivity contribution in [2.75, 3.05) is 26.5 Å². The van der Waals surface area contributed by atoms with Gasteiger partial charge in [0.05, 0.1) is 14.2 Å². The third kappa shape index (κ3) is 2.63. The number of rotatable bonds is 4. The zero-order valence-corrected chi connectivity index (χ0v) is 8.99. The molecule has 0 saturated heterocycles. The maximum Gasteiger partial charge on any atom is 0.146 e. The average Bonchev–Trinajstić information content (AvgIpc) is 2.27. The Morgan fingerprint density at radius 1 is 1.20 bits per heavy atom. The van der Waals surface area contributed by atoms with Crippen LogP contribution in [0.1, 0.15) is 5.56 Å². The van der Waals surface area contributed by atoms with Crippen molar-refractivity contribution in [2.45, 2.75) is 0 Å². The first-order valence-corrected chi connectivity index (χ1v) is 4.61. The summed E-state index contributed by atoms with van der Waals surface area (Å²) in [6.07, 6.45) is 3.74. The first kappa shape index (κ1) is 11.4. The zero-order chi connectivity index (χ0) is 11.3. The highest BCUT2D eigenvalue weighted by Crippen LogP contribution is 2.33. The number of nitrogens with two attached hydrogens (primary N) is 2. The van der Waals surface area contributed by atoms with Crippen LogP contribution < -0.4 is 20.9 Å². The summed E-state index contributed by atoms with van der Waals surface area (Å²) in [7, 11) is 3.14. The van der Waals surface area contributed by atoms with E-state index in [0.29, 0.717) is 23.7 Å². The Morgan fingerprint density at radius 2 is 1.73 bits per heavy atom. The van der Waals surface area contributed by atoms with Crippen LogP contribution in [-0.2, 0) is 0 Å². The molecule has 0 atom stereocenters. The molecule has 0 saturated carbocycles. The van der Waals surface area contributed by atoms with Gasteiger partial charge in [0.1, 0.15) is 17.2 Å². The molecular formula is C11H16N2O2. The molecule has 0 aliphatic rings. The lowest BCUT2D eigenvalue weighted by molar-refractivity contribution is 0.398. The standard InChI is InChI=1S/C11H16N2O2/c1-14-9-6-8(4-3-5-12)7-10(15-2)11(9)13/h3-4,6-7H,5,12-13H2,1-2H3/b4-3+. The molecule has 0 aromatic heterocycles. The molecule has 0 fully saturated rings. The molecule has 0 bridgehead atoms. The van der Waals surface area contributed by atoms with E-state index < -0.39 is 0 Å². The van der Waals surface area contributed by atoms with Crippen LogP contribution >= 0.6 is 0 Å². The highest BCUT2D eigenvalue weighted by atomic mass is 16.5. The highest BCUT2D eigenvalue weighted by molar-refractivity contribution is 5.68. The van der Waals surface area contributed by atoms with Crippen LogP contribution in [0.2, 0.25) is 0 Å². The van der Waals surface area contributed by atoms with Gasteiger partial charge in [-0.3, -0.25) is 0 Å². The van der Waals surface area contributed by atoms with Gasteiger partial charge in [0.2, 0.25) is 0 Å². The average molecular weight is 208 g/mol. The van der Waals surface area contributed by atoms with Gasteiger partial charge in [0, 0.05) is 6.54 Å². The summed E-state index contributed by atoms with van der Waals surface area (Å²) < 4.78 is 10.3. The number of anilines is 1. The van der Waals surface area contributed by atoms with E-state index >= 15 is 0 Å². The van der Waals surface area contributed by atoms with Crippen molar-refractivity contribution in [3.05, 3.63) is 23.8 Å². The van der Waals surface area contributed by atoms with Crippen molar-refractivity contribution in [3.63, 3.8) is 0 Å². The first-order valence-electron chi connectivity index (χ1n) is 4.61. The molecule has 1 rings (SSSR count). The maximum absolute atomic E-state index is 5.80. The fraction of sp³-hybridized carbons (Fsp3) is 0.273. The van der Waals surface area contributed by atoms with Gasteiger partial charge in [-0.25, -0.2) is 0 Å². The van der Waals surface area contributed by atoms with Crippen molar-refractivity contribution in [1.29, 1.82) is 0 Å². The van der Waals surface area contributed by atoms with Gasteiger partial charge < -0.3 is 20.9 Å². The number of benzene rings is 1. The third-order valence-electron chi connectivity index (χ3n) is 2.01. The molecule has 0 aliphatic carbocycles. The Kier molecular flexibility index (Phi) is 4.00. The normalized spacial score (nSPS) is 10.6. The van der Waals surface area contributed by atoms with E-state index in [1.54, 1.807) is 14.2 Å². The molecule has 4 N–H and O–H groups in total. The van der Waals surface area contributed by atoms with Gasteiger partial charge in [0.15, 0.2) is 0 Å². The summed E-state index contributed by atoms with van der Waals surface area (Å²) >= 11 is 0. The third-order valence-corrected chi connectivity index (χ3v) is 2.01. The minimum Gasteiger partial charge on any atom is -0.494 e. The first-order chi connectivity index (χ1) is 7.22. The molecule has 0 heterocycles. The Balaban J connectivity index is 3.14. The monoisotopic (exact) mass is 208 g/mol. The molecular weight excluding hydrogens is 192 g/mol. The number of methoxy groups -OCH3 is 2. The van der Waals surface area contributed by atoms with Gasteiger partial charge in [-0.2, -0.15) is 0 Å².